The van der Waals surface area contributed by atoms with Gasteiger partial charge in [0.2, 0.25) is 0 Å². The lowest BCUT2D eigenvalue weighted by atomic mass is 10.0. The molecule has 0 unspecified atom stereocenters. The minimum atomic E-state index is -0.583. The molecule has 3 rings (SSSR count). The molecule has 3 aromatic rings. The summed E-state index contributed by atoms with van der Waals surface area (Å²) in [5.74, 6) is -0.261. The molecule has 0 aliphatic heterocycles. The van der Waals surface area contributed by atoms with Crippen LogP contribution in [-0.4, -0.2) is 24.5 Å². The highest BCUT2D eigenvalue weighted by atomic mass is 35.5. The zero-order chi connectivity index (χ0) is 18.5. The molecule has 1 aromatic heterocycles. The number of esters is 1. The standard InChI is InChI=1S/C19H14Cl2N2O3/c1-25-19(24)17-15(10-11-22-12-6-3-2-4-7-12)26-23-18(17)16-13(20)8-5-9-14(16)21/h2-9,11H,10H2,1H3. The number of ether oxygens (including phenoxy) is 1. The number of aliphatic imine (C=N–C) groups is 1. The van der Waals surface area contributed by atoms with Crippen LogP contribution < -0.4 is 0 Å². The van der Waals surface area contributed by atoms with Crippen molar-refractivity contribution in [2.75, 3.05) is 7.11 Å². The number of halogens is 2. The molecule has 7 heteroatoms. The van der Waals surface area contributed by atoms with Gasteiger partial charge in [-0.1, -0.05) is 52.6 Å². The Morgan fingerprint density at radius 2 is 1.85 bits per heavy atom. The van der Waals surface area contributed by atoms with E-state index in [-0.39, 0.29) is 17.7 Å². The number of carbonyl (C=O) groups is 1. The van der Waals surface area contributed by atoms with Gasteiger partial charge in [-0.2, -0.15) is 0 Å². The summed E-state index contributed by atoms with van der Waals surface area (Å²) in [5, 5.41) is 4.72. The van der Waals surface area contributed by atoms with Crippen molar-refractivity contribution in [2.24, 2.45) is 4.99 Å². The van der Waals surface area contributed by atoms with Gasteiger partial charge in [0, 0.05) is 18.2 Å². The van der Waals surface area contributed by atoms with Gasteiger partial charge in [0.1, 0.15) is 11.3 Å². The van der Waals surface area contributed by atoms with Crippen LogP contribution in [0.5, 0.6) is 0 Å². The lowest BCUT2D eigenvalue weighted by Gasteiger charge is -2.05. The van der Waals surface area contributed by atoms with Crippen molar-refractivity contribution < 1.29 is 14.1 Å². The molecular weight excluding hydrogens is 375 g/mol. The first-order valence-electron chi connectivity index (χ1n) is 7.70. The lowest BCUT2D eigenvalue weighted by Crippen LogP contribution is -2.06. The Kier molecular flexibility index (Phi) is 5.71. The van der Waals surface area contributed by atoms with Crippen molar-refractivity contribution >= 4 is 41.1 Å². The second-order valence-electron chi connectivity index (χ2n) is 5.27. The molecule has 0 fully saturated rings. The number of rotatable bonds is 5. The van der Waals surface area contributed by atoms with Crippen LogP contribution in [0.1, 0.15) is 16.1 Å². The second-order valence-corrected chi connectivity index (χ2v) is 6.08. The summed E-state index contributed by atoms with van der Waals surface area (Å²) in [6.07, 6.45) is 1.90. The first-order valence-corrected chi connectivity index (χ1v) is 8.46. The third-order valence-corrected chi connectivity index (χ3v) is 4.26. The van der Waals surface area contributed by atoms with Crippen molar-refractivity contribution in [1.29, 1.82) is 0 Å². The fourth-order valence-electron chi connectivity index (χ4n) is 2.42. The number of nitrogens with zero attached hydrogens (tertiary/aromatic N) is 2. The minimum Gasteiger partial charge on any atom is -0.465 e. The molecule has 26 heavy (non-hydrogen) atoms. The van der Waals surface area contributed by atoms with E-state index in [4.69, 9.17) is 32.5 Å². The molecule has 1 heterocycles. The maximum atomic E-state index is 12.3. The highest BCUT2D eigenvalue weighted by molar-refractivity contribution is 6.39. The van der Waals surface area contributed by atoms with Gasteiger partial charge in [0.05, 0.1) is 22.8 Å². The van der Waals surface area contributed by atoms with E-state index in [1.54, 1.807) is 24.4 Å². The van der Waals surface area contributed by atoms with Gasteiger partial charge in [0.25, 0.3) is 0 Å². The average molecular weight is 389 g/mol. The Labute approximate surface area is 160 Å². The van der Waals surface area contributed by atoms with Gasteiger partial charge in [-0.15, -0.1) is 0 Å². The monoisotopic (exact) mass is 388 g/mol. The lowest BCUT2D eigenvalue weighted by molar-refractivity contribution is 0.0599. The molecule has 0 N–H and O–H groups in total. The highest BCUT2D eigenvalue weighted by Gasteiger charge is 2.26. The average Bonchev–Trinajstić information content (AvgIpc) is 3.05. The molecular formula is C19H14Cl2N2O3. The van der Waals surface area contributed by atoms with Crippen molar-refractivity contribution in [3.63, 3.8) is 0 Å². The molecule has 0 bridgehead atoms. The van der Waals surface area contributed by atoms with E-state index in [2.05, 4.69) is 10.1 Å². The topological polar surface area (TPSA) is 64.7 Å². The smallest absolute Gasteiger partial charge is 0.343 e. The molecule has 5 nitrogen and oxygen atoms in total. The first-order chi connectivity index (χ1) is 12.6. The van der Waals surface area contributed by atoms with Crippen molar-refractivity contribution in [3.05, 3.63) is 69.9 Å². The molecule has 132 valence electrons. The maximum absolute atomic E-state index is 12.3. The zero-order valence-electron chi connectivity index (χ0n) is 13.8. The predicted octanol–water partition coefficient (Wildman–Crippen LogP) is 5.38. The van der Waals surface area contributed by atoms with E-state index in [0.29, 0.717) is 21.4 Å². The van der Waals surface area contributed by atoms with Crippen LogP contribution in [0.25, 0.3) is 11.3 Å². The van der Waals surface area contributed by atoms with Gasteiger partial charge < -0.3 is 9.26 Å². The Morgan fingerprint density at radius 1 is 1.15 bits per heavy atom. The Hall–Kier alpha value is -2.63. The molecule has 0 aliphatic rings. The maximum Gasteiger partial charge on any atom is 0.343 e. The quantitative estimate of drug-likeness (QED) is 0.434. The number of para-hydroxylation sites is 1. The van der Waals surface area contributed by atoms with Crippen LogP contribution in [-0.2, 0) is 11.2 Å². The van der Waals surface area contributed by atoms with Crippen LogP contribution in [0.2, 0.25) is 10.0 Å². The number of benzene rings is 2. The number of methoxy groups -OCH3 is 1. The fraction of sp³-hybridized carbons (Fsp3) is 0.105. The Morgan fingerprint density at radius 3 is 2.50 bits per heavy atom. The van der Waals surface area contributed by atoms with E-state index in [0.717, 1.165) is 5.69 Å². The van der Waals surface area contributed by atoms with Crippen LogP contribution in [0, 0.1) is 0 Å². The second kappa shape index (κ2) is 8.17. The van der Waals surface area contributed by atoms with E-state index >= 15 is 0 Å². The van der Waals surface area contributed by atoms with E-state index in [9.17, 15) is 4.79 Å². The van der Waals surface area contributed by atoms with Gasteiger partial charge in [0.15, 0.2) is 5.76 Å². The van der Waals surface area contributed by atoms with Gasteiger partial charge in [-0.3, -0.25) is 4.99 Å². The van der Waals surface area contributed by atoms with E-state index in [1.165, 1.54) is 7.11 Å². The highest BCUT2D eigenvalue weighted by Crippen LogP contribution is 2.37. The molecule has 0 amide bonds. The third-order valence-electron chi connectivity index (χ3n) is 3.63. The number of hydrogen-bond acceptors (Lipinski definition) is 5. The molecule has 0 saturated heterocycles. The van der Waals surface area contributed by atoms with Crippen molar-refractivity contribution in [1.82, 2.24) is 5.16 Å². The number of carbonyl (C=O) groups excluding carboxylic acids is 1. The summed E-state index contributed by atoms with van der Waals surface area (Å²) in [5.41, 5.74) is 1.64. The molecule has 2 aromatic carbocycles. The molecule has 0 saturated carbocycles. The SMILES string of the molecule is COC(=O)c1c(-c2c(Cl)cccc2Cl)noc1CC=Nc1ccccc1. The zero-order valence-corrected chi connectivity index (χ0v) is 15.3. The van der Waals surface area contributed by atoms with E-state index < -0.39 is 5.97 Å². The normalized spacial score (nSPS) is 11.0. The van der Waals surface area contributed by atoms with Crippen LogP contribution in [0.4, 0.5) is 5.69 Å². The van der Waals surface area contributed by atoms with E-state index in [1.807, 2.05) is 30.3 Å². The predicted molar refractivity (Wildman–Crippen MR) is 102 cm³/mol. The first kappa shape index (κ1) is 18.2. The summed E-state index contributed by atoms with van der Waals surface area (Å²) in [4.78, 5) is 16.6. The minimum absolute atomic E-state index is 0.182. The summed E-state index contributed by atoms with van der Waals surface area (Å²) in [7, 11) is 1.29. The summed E-state index contributed by atoms with van der Waals surface area (Å²) in [6.45, 7) is 0. The van der Waals surface area contributed by atoms with Crippen LogP contribution in [0.3, 0.4) is 0 Å². The Bertz CT molecular complexity index is 932. The van der Waals surface area contributed by atoms with Gasteiger partial charge in [-0.05, 0) is 24.3 Å². The number of aromatic nitrogens is 1. The van der Waals surface area contributed by atoms with Crippen molar-refractivity contribution in [2.45, 2.75) is 6.42 Å². The molecule has 0 spiro atoms. The van der Waals surface area contributed by atoms with Gasteiger partial charge >= 0.3 is 5.97 Å². The summed E-state index contributed by atoms with van der Waals surface area (Å²) >= 11 is 12.5. The van der Waals surface area contributed by atoms with Crippen LogP contribution >= 0.6 is 23.2 Å². The largest absolute Gasteiger partial charge is 0.465 e. The summed E-state index contributed by atoms with van der Waals surface area (Å²) < 4.78 is 10.2. The number of hydrogen-bond donors (Lipinski definition) is 0. The van der Waals surface area contributed by atoms with Gasteiger partial charge in [-0.25, -0.2) is 4.79 Å². The van der Waals surface area contributed by atoms with Crippen LogP contribution in [0.15, 0.2) is 58.0 Å². The molecule has 0 radical (unpaired) electrons. The third kappa shape index (κ3) is 3.79. The fourth-order valence-corrected chi connectivity index (χ4v) is 3.00. The summed E-state index contributed by atoms with van der Waals surface area (Å²) in [6, 6.07) is 14.4. The Balaban J connectivity index is 1.98. The molecule has 0 atom stereocenters. The molecule has 0 aliphatic carbocycles. The van der Waals surface area contributed by atoms with Crippen molar-refractivity contribution in [3.8, 4) is 11.3 Å².